The number of aliphatic carboxylic acids is 1. The molecule has 17 heavy (non-hydrogen) atoms. The summed E-state index contributed by atoms with van der Waals surface area (Å²) in [4.78, 5) is 10.3. The van der Waals surface area contributed by atoms with Gasteiger partial charge in [0.05, 0.1) is 6.61 Å². The van der Waals surface area contributed by atoms with E-state index in [0.29, 0.717) is 6.61 Å². The Hall–Kier alpha value is -1.35. The molecule has 0 heterocycles. The first-order valence-electron chi connectivity index (χ1n) is 6.16. The Labute approximate surface area is 101 Å². The average Bonchev–Trinajstić information content (AvgIpc) is 2.34. The van der Waals surface area contributed by atoms with Gasteiger partial charge in [-0.05, 0) is 48.8 Å². The number of carboxylic acids is 1. The van der Waals surface area contributed by atoms with Crippen molar-refractivity contribution in [2.45, 2.75) is 32.1 Å². The van der Waals surface area contributed by atoms with Gasteiger partial charge in [-0.2, -0.15) is 0 Å². The normalized spacial score (nSPS) is 14.4. The van der Waals surface area contributed by atoms with Gasteiger partial charge in [0.15, 0.2) is 0 Å². The molecule has 0 aliphatic heterocycles. The van der Waals surface area contributed by atoms with Crippen LogP contribution in [0.1, 0.15) is 29.5 Å². The molecule has 0 saturated heterocycles. The Morgan fingerprint density at radius 2 is 2.12 bits per heavy atom. The summed E-state index contributed by atoms with van der Waals surface area (Å²) in [6, 6.07) is 6.43. The summed E-state index contributed by atoms with van der Waals surface area (Å²) in [7, 11) is 0. The topological polar surface area (TPSA) is 46.5 Å². The summed E-state index contributed by atoms with van der Waals surface area (Å²) in [5.41, 5.74) is 4.26. The van der Waals surface area contributed by atoms with Crippen molar-refractivity contribution in [2.24, 2.45) is 0 Å². The first-order chi connectivity index (χ1) is 8.27. The van der Waals surface area contributed by atoms with Gasteiger partial charge in [-0.15, -0.1) is 0 Å². The van der Waals surface area contributed by atoms with Crippen LogP contribution in [-0.2, 0) is 28.8 Å². The molecule has 1 aromatic rings. The lowest BCUT2D eigenvalue weighted by atomic mass is 9.87. The second-order valence-electron chi connectivity index (χ2n) is 4.46. The molecule has 1 aliphatic rings. The van der Waals surface area contributed by atoms with Crippen molar-refractivity contribution in [2.75, 3.05) is 13.2 Å². The molecule has 2 rings (SSSR count). The number of carboxylic acid groups (broad SMARTS) is 1. The molecule has 1 aliphatic carbocycles. The number of ether oxygens (including phenoxy) is 1. The van der Waals surface area contributed by atoms with E-state index in [4.69, 9.17) is 9.84 Å². The quantitative estimate of drug-likeness (QED) is 0.794. The van der Waals surface area contributed by atoms with Crippen LogP contribution in [0.15, 0.2) is 18.2 Å². The van der Waals surface area contributed by atoms with E-state index in [2.05, 4.69) is 18.2 Å². The molecule has 92 valence electrons. The maximum absolute atomic E-state index is 10.3. The first kappa shape index (κ1) is 12.1. The van der Waals surface area contributed by atoms with Crippen LogP contribution in [0, 0.1) is 0 Å². The number of rotatable bonds is 5. The minimum absolute atomic E-state index is 0.199. The zero-order chi connectivity index (χ0) is 12.1. The molecule has 0 amide bonds. The highest BCUT2D eigenvalue weighted by atomic mass is 16.5. The van der Waals surface area contributed by atoms with Crippen molar-refractivity contribution in [3.05, 3.63) is 34.9 Å². The summed E-state index contributed by atoms with van der Waals surface area (Å²) >= 11 is 0. The van der Waals surface area contributed by atoms with Crippen LogP contribution in [0.4, 0.5) is 0 Å². The molecule has 0 aromatic heterocycles. The van der Waals surface area contributed by atoms with Crippen LogP contribution in [0.5, 0.6) is 0 Å². The van der Waals surface area contributed by atoms with Crippen LogP contribution in [-0.4, -0.2) is 24.3 Å². The Bertz CT molecular complexity index is 398. The van der Waals surface area contributed by atoms with Gasteiger partial charge >= 0.3 is 5.97 Å². The van der Waals surface area contributed by atoms with Gasteiger partial charge in [0, 0.05) is 0 Å². The maximum atomic E-state index is 10.3. The van der Waals surface area contributed by atoms with Crippen molar-refractivity contribution < 1.29 is 14.6 Å². The molecule has 0 bridgehead atoms. The molecule has 1 aromatic carbocycles. The fourth-order valence-corrected chi connectivity index (χ4v) is 2.44. The molecule has 0 unspecified atom stereocenters. The third-order valence-corrected chi connectivity index (χ3v) is 3.23. The standard InChI is InChI=1S/C14H18O3/c15-14(16)10-17-9-8-12-6-3-5-11-4-1-2-7-13(11)12/h3,5-6H,1-2,4,7-10H2,(H,15,16). The van der Waals surface area contributed by atoms with Crippen molar-refractivity contribution in [1.82, 2.24) is 0 Å². The number of carbonyl (C=O) groups is 1. The van der Waals surface area contributed by atoms with Gasteiger partial charge in [0.25, 0.3) is 0 Å². The van der Waals surface area contributed by atoms with Crippen LogP contribution in [0.25, 0.3) is 0 Å². The third kappa shape index (κ3) is 3.30. The summed E-state index contributed by atoms with van der Waals surface area (Å²) in [5, 5.41) is 8.48. The van der Waals surface area contributed by atoms with Crippen LogP contribution in [0.3, 0.4) is 0 Å². The number of aryl methyl sites for hydroxylation is 1. The highest BCUT2D eigenvalue weighted by Crippen LogP contribution is 2.24. The second-order valence-corrected chi connectivity index (χ2v) is 4.46. The predicted octanol–water partition coefficient (Wildman–Crippen LogP) is 2.21. The summed E-state index contributed by atoms with van der Waals surface area (Å²) < 4.78 is 5.09. The average molecular weight is 234 g/mol. The molecule has 0 fully saturated rings. The van der Waals surface area contributed by atoms with Crippen molar-refractivity contribution in [1.29, 1.82) is 0 Å². The fraction of sp³-hybridized carbons (Fsp3) is 0.500. The lowest BCUT2D eigenvalue weighted by molar-refractivity contribution is -0.142. The number of fused-ring (bicyclic) bond motifs is 1. The molecule has 0 spiro atoms. The van der Waals surface area contributed by atoms with E-state index >= 15 is 0 Å². The molecule has 3 nitrogen and oxygen atoms in total. The number of benzene rings is 1. The molecule has 1 N–H and O–H groups in total. The fourth-order valence-electron chi connectivity index (χ4n) is 2.44. The Balaban J connectivity index is 1.94. The largest absolute Gasteiger partial charge is 0.480 e. The van der Waals surface area contributed by atoms with E-state index in [1.807, 2.05) is 0 Å². The van der Waals surface area contributed by atoms with E-state index in [1.54, 1.807) is 0 Å². The molecule has 0 atom stereocenters. The highest BCUT2D eigenvalue weighted by Gasteiger charge is 2.12. The number of hydrogen-bond donors (Lipinski definition) is 1. The minimum Gasteiger partial charge on any atom is -0.480 e. The lowest BCUT2D eigenvalue weighted by Crippen LogP contribution is -2.11. The van der Waals surface area contributed by atoms with Crippen LogP contribution < -0.4 is 0 Å². The molecule has 0 radical (unpaired) electrons. The van der Waals surface area contributed by atoms with Gasteiger partial charge in [0.1, 0.15) is 6.61 Å². The smallest absolute Gasteiger partial charge is 0.329 e. The molecule has 0 saturated carbocycles. The second kappa shape index (κ2) is 5.82. The number of hydrogen-bond acceptors (Lipinski definition) is 2. The monoisotopic (exact) mass is 234 g/mol. The third-order valence-electron chi connectivity index (χ3n) is 3.23. The van der Waals surface area contributed by atoms with Crippen molar-refractivity contribution in [3.8, 4) is 0 Å². The Morgan fingerprint density at radius 3 is 2.94 bits per heavy atom. The van der Waals surface area contributed by atoms with E-state index in [9.17, 15) is 4.79 Å². The van der Waals surface area contributed by atoms with E-state index in [0.717, 1.165) is 12.8 Å². The lowest BCUT2D eigenvalue weighted by Gasteiger charge is -2.19. The zero-order valence-electron chi connectivity index (χ0n) is 9.95. The zero-order valence-corrected chi connectivity index (χ0v) is 9.95. The first-order valence-corrected chi connectivity index (χ1v) is 6.16. The van der Waals surface area contributed by atoms with Crippen LogP contribution >= 0.6 is 0 Å². The Morgan fingerprint density at radius 1 is 1.29 bits per heavy atom. The summed E-state index contributed by atoms with van der Waals surface area (Å²) in [6.45, 7) is 0.289. The summed E-state index contributed by atoms with van der Waals surface area (Å²) in [6.07, 6.45) is 5.70. The Kier molecular flexibility index (Phi) is 4.15. The minimum atomic E-state index is -0.903. The van der Waals surface area contributed by atoms with Gasteiger partial charge in [-0.1, -0.05) is 18.2 Å². The summed E-state index contributed by atoms with van der Waals surface area (Å²) in [5.74, 6) is -0.903. The van der Waals surface area contributed by atoms with Crippen LogP contribution in [0.2, 0.25) is 0 Å². The van der Waals surface area contributed by atoms with Crippen molar-refractivity contribution >= 4 is 5.97 Å². The molecular formula is C14H18O3. The molecule has 3 heteroatoms. The van der Waals surface area contributed by atoms with E-state index in [-0.39, 0.29) is 6.61 Å². The van der Waals surface area contributed by atoms with E-state index in [1.165, 1.54) is 36.0 Å². The van der Waals surface area contributed by atoms with Gasteiger partial charge in [0.2, 0.25) is 0 Å². The predicted molar refractivity (Wildman–Crippen MR) is 65.2 cm³/mol. The molecular weight excluding hydrogens is 216 g/mol. The maximum Gasteiger partial charge on any atom is 0.329 e. The van der Waals surface area contributed by atoms with Crippen molar-refractivity contribution in [3.63, 3.8) is 0 Å². The van der Waals surface area contributed by atoms with Gasteiger partial charge in [-0.3, -0.25) is 0 Å². The SMILES string of the molecule is O=C(O)COCCc1cccc2c1CCCC2. The van der Waals surface area contributed by atoms with Gasteiger partial charge in [-0.25, -0.2) is 4.79 Å². The van der Waals surface area contributed by atoms with Gasteiger partial charge < -0.3 is 9.84 Å². The highest BCUT2D eigenvalue weighted by molar-refractivity contribution is 5.67. The van der Waals surface area contributed by atoms with E-state index < -0.39 is 5.97 Å².